The molecule has 396 valence electrons. The highest BCUT2D eigenvalue weighted by Crippen LogP contribution is 2.45. The predicted molar refractivity (Wildman–Crippen MR) is 336 cm³/mol. The van der Waals surface area contributed by atoms with Crippen LogP contribution in [0.2, 0.25) is 0 Å². The second-order valence-electron chi connectivity index (χ2n) is 21.1. The van der Waals surface area contributed by atoms with Crippen LogP contribution in [0.1, 0.15) is 162 Å². The van der Waals surface area contributed by atoms with Crippen LogP contribution < -0.4 is 0 Å². The van der Waals surface area contributed by atoms with Crippen LogP contribution in [0.3, 0.4) is 0 Å². The van der Waals surface area contributed by atoms with Crippen molar-refractivity contribution in [2.45, 2.75) is 156 Å². The van der Waals surface area contributed by atoms with E-state index in [-0.39, 0.29) is 11.8 Å². The maximum Gasteiger partial charge on any atom is 0.259 e. The van der Waals surface area contributed by atoms with Crippen molar-refractivity contribution in [3.63, 3.8) is 0 Å². The van der Waals surface area contributed by atoms with E-state index in [4.69, 9.17) is 0 Å². The van der Waals surface area contributed by atoms with Crippen molar-refractivity contribution < 1.29 is 9.59 Å². The van der Waals surface area contributed by atoms with Gasteiger partial charge in [-0.15, -0.1) is 34.0 Å². The molecule has 2 amide bonds. The number of thioether (sulfide) groups is 2. The molecule has 5 heterocycles. The Morgan fingerprint density at radius 3 is 1.37 bits per heavy atom. The Morgan fingerprint density at radius 2 is 0.853 bits per heavy atom. The van der Waals surface area contributed by atoms with Gasteiger partial charge in [0.2, 0.25) is 0 Å². The molecule has 0 fully saturated rings. The van der Waals surface area contributed by atoms with Gasteiger partial charge in [-0.05, 0) is 145 Å². The average Bonchev–Trinajstić information content (AvgIpc) is 4.28. The Hall–Kier alpha value is -4.12. The fourth-order valence-corrected chi connectivity index (χ4v) is 16.3. The van der Waals surface area contributed by atoms with Gasteiger partial charge in [-0.25, -0.2) is 0 Å². The molecule has 0 saturated carbocycles. The minimum absolute atomic E-state index is 0.0418. The van der Waals surface area contributed by atoms with Crippen LogP contribution in [0, 0.1) is 13.8 Å². The summed E-state index contributed by atoms with van der Waals surface area (Å²) in [6.45, 7) is 10.2. The lowest BCUT2D eigenvalue weighted by Gasteiger charge is -2.20. The monoisotopic (exact) mass is 1090 g/mol. The maximum absolute atomic E-state index is 14.9. The third-order valence-electron chi connectivity index (χ3n) is 15.2. The number of unbranched alkanes of at least 4 members (excludes halogenated alkanes) is 16. The molecule has 0 unspecified atom stereocenters. The number of rotatable bonds is 31. The maximum atomic E-state index is 14.9. The first-order chi connectivity index (χ1) is 36.8. The molecule has 75 heavy (non-hydrogen) atoms. The molecule has 0 spiro atoms. The van der Waals surface area contributed by atoms with Crippen molar-refractivity contribution in [2.24, 2.45) is 0 Å². The predicted octanol–water partition coefficient (Wildman–Crippen LogP) is 20.4. The third kappa shape index (κ3) is 14.0. The van der Waals surface area contributed by atoms with E-state index in [1.807, 2.05) is 33.3 Å². The summed E-state index contributed by atoms with van der Waals surface area (Å²) in [5.41, 5.74) is 5.39. The van der Waals surface area contributed by atoms with Crippen LogP contribution in [-0.4, -0.2) is 57.7 Å². The van der Waals surface area contributed by atoms with Crippen LogP contribution in [0.5, 0.6) is 0 Å². The van der Waals surface area contributed by atoms with Crippen LogP contribution in [0.25, 0.3) is 63.6 Å². The summed E-state index contributed by atoms with van der Waals surface area (Å²) in [5.74, 6) is 4.58. The largest absolute Gasteiger partial charge is 0.307 e. The molecule has 2 aliphatic rings. The number of benzene rings is 4. The third-order valence-corrected chi connectivity index (χ3v) is 21.0. The van der Waals surface area contributed by atoms with Gasteiger partial charge >= 0.3 is 0 Å². The van der Waals surface area contributed by atoms with E-state index < -0.39 is 0 Å². The number of amides is 2. The number of carbonyl (C=O) groups is 2. The number of hydrogen-bond donors (Lipinski definition) is 0. The molecule has 0 atom stereocenters. The van der Waals surface area contributed by atoms with Crippen molar-refractivity contribution in [1.29, 1.82) is 0 Å². The summed E-state index contributed by atoms with van der Waals surface area (Å²) in [4.78, 5) is 38.1. The zero-order valence-electron chi connectivity index (χ0n) is 45.4. The van der Waals surface area contributed by atoms with Crippen LogP contribution >= 0.6 is 57.5 Å². The minimum atomic E-state index is -0.0481. The summed E-state index contributed by atoms with van der Waals surface area (Å²) < 4.78 is 2.69. The quantitative estimate of drug-likeness (QED) is 0.0321. The Labute approximate surface area is 469 Å². The lowest BCUT2D eigenvalue weighted by atomic mass is 10.0. The van der Waals surface area contributed by atoms with Crippen LogP contribution in [0.4, 0.5) is 0 Å². The molecule has 7 aromatic rings. The summed E-state index contributed by atoms with van der Waals surface area (Å²) in [5, 5.41) is 7.77. The minimum Gasteiger partial charge on any atom is -0.307 e. The Balaban J connectivity index is 0.912. The van der Waals surface area contributed by atoms with E-state index in [1.165, 1.54) is 177 Å². The molecule has 4 nitrogen and oxygen atoms in total. The molecule has 0 aliphatic carbocycles. The molecule has 0 saturated heterocycles. The average molecular weight is 1090 g/mol. The molecule has 3 aromatic heterocycles. The molecule has 0 radical (unpaired) electrons. The van der Waals surface area contributed by atoms with E-state index in [1.54, 1.807) is 22.7 Å². The van der Waals surface area contributed by atoms with Gasteiger partial charge in [0.1, 0.15) is 0 Å². The SMILES string of the molecule is CCCCCCCCCCSCCCCN1C(=O)/C(=C2\C=C(c3ccc(-c4ccc5c(ccc6c7ccc8cc(C)ccc8c7sc56)c4)s3)N(CCCCSCCCCCCCCCC)C2=O)C=C1c1ccc(C)s1. The van der Waals surface area contributed by atoms with E-state index in [0.29, 0.717) is 24.2 Å². The molecule has 2 aliphatic heterocycles. The van der Waals surface area contributed by atoms with E-state index in [9.17, 15) is 9.59 Å². The molecule has 0 bridgehead atoms. The van der Waals surface area contributed by atoms with Crippen molar-refractivity contribution in [3.05, 3.63) is 128 Å². The highest BCUT2D eigenvalue weighted by Gasteiger charge is 2.38. The van der Waals surface area contributed by atoms with Crippen molar-refractivity contribution >= 4 is 122 Å². The zero-order valence-corrected chi connectivity index (χ0v) is 49.5. The highest BCUT2D eigenvalue weighted by atomic mass is 32.2. The van der Waals surface area contributed by atoms with Crippen LogP contribution in [-0.2, 0) is 9.59 Å². The second-order valence-corrected chi connectivity index (χ2v) is 27.0. The summed E-state index contributed by atoms with van der Waals surface area (Å²) in [6.07, 6.45) is 29.7. The number of nitrogens with zero attached hydrogens (tertiary/aromatic N) is 2. The molecule has 9 rings (SSSR count). The topological polar surface area (TPSA) is 40.6 Å². The second kappa shape index (κ2) is 28.0. The van der Waals surface area contributed by atoms with Gasteiger partial charge in [0.25, 0.3) is 11.8 Å². The summed E-state index contributed by atoms with van der Waals surface area (Å²) >= 11 is 9.51. The molecular weight excluding hydrogens is 1010 g/mol. The first kappa shape index (κ1) is 55.6. The van der Waals surface area contributed by atoms with Gasteiger partial charge in [0.15, 0.2) is 0 Å². The van der Waals surface area contributed by atoms with Gasteiger partial charge in [-0.2, -0.15) is 23.5 Å². The van der Waals surface area contributed by atoms with E-state index in [0.717, 1.165) is 58.3 Å². The van der Waals surface area contributed by atoms with Gasteiger partial charge < -0.3 is 9.80 Å². The van der Waals surface area contributed by atoms with Crippen molar-refractivity contribution in [3.8, 4) is 10.4 Å². The highest BCUT2D eigenvalue weighted by molar-refractivity contribution is 7.99. The van der Waals surface area contributed by atoms with E-state index >= 15 is 0 Å². The molecule has 4 aromatic carbocycles. The Morgan fingerprint density at radius 1 is 0.413 bits per heavy atom. The Bertz CT molecular complexity index is 3150. The first-order valence-electron chi connectivity index (χ1n) is 28.8. The van der Waals surface area contributed by atoms with E-state index in [2.05, 4.69) is 136 Å². The standard InChI is InChI=1S/C66H80N2O2S5/c1-5-7-9-11-13-15-17-21-39-71-41-23-19-37-67-58(61-34-26-48(4)73-61)45-56(65(67)69)57-46-59(68(66(57)70)38-20-24-42-72-40-22-18-16-14-12-10-8-6-2)62-36-35-60(74-62)51-29-31-53-50(44-51)28-33-55-54-32-27-49-43-47(3)25-30-52(49)63(54)75-64(53)55/h25-36,43-46H,5-24,37-42H2,1-4H3/b57-56+. The summed E-state index contributed by atoms with van der Waals surface area (Å²) in [7, 11) is 0. The fraction of sp³-hybridized carbons (Fsp3) is 0.455. The number of aryl methyl sites for hydroxylation is 2. The summed E-state index contributed by atoms with van der Waals surface area (Å²) in [6, 6.07) is 31.6. The molecule has 0 N–H and O–H groups in total. The zero-order chi connectivity index (χ0) is 51.9. The fourth-order valence-electron chi connectivity index (χ4n) is 11.0. The number of carbonyl (C=O) groups excluding carboxylic acids is 2. The number of hydrogen-bond acceptors (Lipinski definition) is 7. The lowest BCUT2D eigenvalue weighted by Crippen LogP contribution is -2.29. The lowest BCUT2D eigenvalue weighted by molar-refractivity contribution is -0.125. The number of fused-ring (bicyclic) bond motifs is 7. The molecule has 9 heteroatoms. The molecular formula is C66H80N2O2S5. The van der Waals surface area contributed by atoms with Gasteiger partial charge in [0, 0.05) is 43.0 Å². The normalized spacial score (nSPS) is 15.1. The van der Waals surface area contributed by atoms with Crippen LogP contribution in [0.15, 0.2) is 108 Å². The Kier molecular flexibility index (Phi) is 20.7. The smallest absolute Gasteiger partial charge is 0.259 e. The van der Waals surface area contributed by atoms with Gasteiger partial charge in [0.05, 0.1) is 32.3 Å². The van der Waals surface area contributed by atoms with Gasteiger partial charge in [-0.3, -0.25) is 9.59 Å². The number of thiophene rings is 3. The van der Waals surface area contributed by atoms with Crippen molar-refractivity contribution in [2.75, 3.05) is 36.1 Å². The van der Waals surface area contributed by atoms with Crippen molar-refractivity contribution in [1.82, 2.24) is 9.80 Å². The first-order valence-corrected chi connectivity index (χ1v) is 33.5. The van der Waals surface area contributed by atoms with Gasteiger partial charge in [-0.1, -0.05) is 164 Å².